The number of methoxy groups -OCH3 is 1. The lowest BCUT2D eigenvalue weighted by Gasteiger charge is -2.03. The van der Waals surface area contributed by atoms with E-state index in [1.165, 1.54) is 22.4 Å². The second kappa shape index (κ2) is 9.92. The van der Waals surface area contributed by atoms with Gasteiger partial charge in [-0.25, -0.2) is 0 Å². The number of aryl methyl sites for hydroxylation is 2. The highest BCUT2D eigenvalue weighted by molar-refractivity contribution is 6.05. The topological polar surface area (TPSA) is 89.3 Å². The van der Waals surface area contributed by atoms with Crippen LogP contribution < -0.4 is 10.5 Å². The average Bonchev–Trinajstić information content (AvgIpc) is 3.10. The molecule has 0 fully saturated rings. The first-order chi connectivity index (χ1) is 13.5. The van der Waals surface area contributed by atoms with E-state index in [4.69, 9.17) is 19.4 Å². The number of nitrogens with one attached hydrogen (secondary N) is 1. The Bertz CT molecular complexity index is 1080. The highest BCUT2D eigenvalue weighted by atomic mass is 16.5. The van der Waals surface area contributed by atoms with E-state index >= 15 is 0 Å². The van der Waals surface area contributed by atoms with Crippen molar-refractivity contribution >= 4 is 34.4 Å². The second-order valence-electron chi connectivity index (χ2n) is 6.07. The third-order valence-electron chi connectivity index (χ3n) is 4.13. The summed E-state index contributed by atoms with van der Waals surface area (Å²) in [5.41, 5.74) is 7.11. The number of ether oxygens (including phenoxy) is 1. The van der Waals surface area contributed by atoms with Crippen LogP contribution in [-0.4, -0.2) is 19.7 Å². The molecule has 0 aliphatic rings. The van der Waals surface area contributed by atoms with Crippen molar-refractivity contribution in [3.63, 3.8) is 0 Å². The maximum Gasteiger partial charge on any atom is 0.204 e. The molecule has 0 aliphatic carbocycles. The number of hydrogen-bond acceptors (Lipinski definition) is 4. The fourth-order valence-corrected chi connectivity index (χ4v) is 2.91. The number of nitrogens with two attached hydrogens (primary N) is 1. The van der Waals surface area contributed by atoms with Crippen LogP contribution >= 0.6 is 0 Å². The molecule has 3 N–H and O–H groups in total. The molecule has 3 aromatic carbocycles. The van der Waals surface area contributed by atoms with Gasteiger partial charge in [0, 0.05) is 11.6 Å². The lowest BCUT2D eigenvalue weighted by Crippen LogP contribution is -1.88. The van der Waals surface area contributed by atoms with E-state index in [2.05, 4.69) is 42.1 Å². The van der Waals surface area contributed by atoms with Crippen LogP contribution in [0.4, 0.5) is 0 Å². The van der Waals surface area contributed by atoms with Gasteiger partial charge in [-0.2, -0.15) is 0 Å². The summed E-state index contributed by atoms with van der Waals surface area (Å²) in [7, 11) is 1.65. The zero-order valence-corrected chi connectivity index (χ0v) is 16.2. The molecule has 5 nitrogen and oxygen atoms in total. The van der Waals surface area contributed by atoms with E-state index in [1.54, 1.807) is 7.11 Å². The van der Waals surface area contributed by atoms with Crippen molar-refractivity contribution in [3.8, 4) is 5.75 Å². The fourth-order valence-electron chi connectivity index (χ4n) is 2.91. The van der Waals surface area contributed by atoms with E-state index in [0.717, 1.165) is 28.2 Å². The summed E-state index contributed by atoms with van der Waals surface area (Å²) in [4.78, 5) is 8.58. The van der Waals surface area contributed by atoms with Crippen LogP contribution in [0.15, 0.2) is 65.1 Å². The lowest BCUT2D eigenvalue weighted by atomic mass is 10.1. The van der Waals surface area contributed by atoms with Crippen molar-refractivity contribution in [2.75, 3.05) is 7.11 Å². The monoisotopic (exact) mass is 376 g/mol. The van der Waals surface area contributed by atoms with Crippen LogP contribution in [-0.2, 0) is 4.79 Å². The maximum atomic E-state index is 8.58. The van der Waals surface area contributed by atoms with Crippen molar-refractivity contribution in [1.29, 1.82) is 5.41 Å². The molecule has 144 valence electrons. The maximum absolute atomic E-state index is 8.58. The Morgan fingerprint density at radius 3 is 2.36 bits per heavy atom. The first kappa shape index (κ1) is 20.7. The molecule has 1 amide bonds. The molecule has 0 spiro atoms. The van der Waals surface area contributed by atoms with Gasteiger partial charge in [-0.05, 0) is 66.1 Å². The first-order valence-electron chi connectivity index (χ1n) is 8.72. The van der Waals surface area contributed by atoms with Gasteiger partial charge in [0.05, 0.1) is 7.11 Å². The van der Waals surface area contributed by atoms with Crippen LogP contribution in [0.3, 0.4) is 0 Å². The minimum absolute atomic E-state index is 0.250. The minimum Gasteiger partial charge on any atom is -0.496 e. The van der Waals surface area contributed by atoms with E-state index in [-0.39, 0.29) is 6.41 Å². The Labute approximate surface area is 164 Å². The predicted octanol–water partition coefficient (Wildman–Crippen LogP) is 5.00. The summed E-state index contributed by atoms with van der Waals surface area (Å²) < 4.78 is 10.6. The summed E-state index contributed by atoms with van der Waals surface area (Å²) in [6.07, 6.45) is 1.58. The van der Waals surface area contributed by atoms with E-state index in [1.807, 2.05) is 38.1 Å². The summed E-state index contributed by atoms with van der Waals surface area (Å²) in [5.74, 6) is 1.84. The Balaban J connectivity index is 0.000000181. The smallest absolute Gasteiger partial charge is 0.204 e. The summed E-state index contributed by atoms with van der Waals surface area (Å²) >= 11 is 0. The third-order valence-corrected chi connectivity index (χ3v) is 4.13. The SMILES string of the molecule is COc1ccc(C=N)cc1C.Cc1cc2c(ccc3ccccc32)o1.NC=O. The van der Waals surface area contributed by atoms with E-state index in [0.29, 0.717) is 0 Å². The number of hydrogen-bond donors (Lipinski definition) is 2. The number of rotatable bonds is 2. The number of fused-ring (bicyclic) bond motifs is 3. The number of amides is 1. The predicted molar refractivity (Wildman–Crippen MR) is 114 cm³/mol. The van der Waals surface area contributed by atoms with Gasteiger partial charge >= 0.3 is 0 Å². The van der Waals surface area contributed by atoms with Gasteiger partial charge in [-0.3, -0.25) is 4.79 Å². The largest absolute Gasteiger partial charge is 0.496 e. The van der Waals surface area contributed by atoms with Gasteiger partial charge in [0.2, 0.25) is 6.41 Å². The highest BCUT2D eigenvalue weighted by Gasteiger charge is 2.03. The average molecular weight is 376 g/mol. The molecule has 5 heteroatoms. The van der Waals surface area contributed by atoms with Crippen molar-refractivity contribution in [2.24, 2.45) is 5.73 Å². The van der Waals surface area contributed by atoms with Gasteiger partial charge in [-0.1, -0.05) is 30.3 Å². The zero-order chi connectivity index (χ0) is 20.5. The molecule has 0 saturated heterocycles. The molecule has 0 atom stereocenters. The summed E-state index contributed by atoms with van der Waals surface area (Å²) in [6, 6.07) is 20.2. The van der Waals surface area contributed by atoms with Gasteiger partial charge in [0.15, 0.2) is 0 Å². The Morgan fingerprint density at radius 2 is 1.71 bits per heavy atom. The molecular formula is C23H24N2O3. The Kier molecular flexibility index (Phi) is 7.34. The lowest BCUT2D eigenvalue weighted by molar-refractivity contribution is -0.106. The van der Waals surface area contributed by atoms with Crippen LogP contribution in [0, 0.1) is 19.3 Å². The summed E-state index contributed by atoms with van der Waals surface area (Å²) in [6.45, 7) is 3.95. The highest BCUT2D eigenvalue weighted by Crippen LogP contribution is 2.27. The van der Waals surface area contributed by atoms with Gasteiger partial charge in [0.25, 0.3) is 0 Å². The fraction of sp³-hybridized carbons (Fsp3) is 0.130. The van der Waals surface area contributed by atoms with Crippen molar-refractivity contribution < 1.29 is 13.9 Å². The van der Waals surface area contributed by atoms with Crippen LogP contribution in [0.5, 0.6) is 5.75 Å². The number of carbonyl (C=O) groups excluding carboxylic acids is 1. The van der Waals surface area contributed by atoms with Gasteiger partial charge in [0.1, 0.15) is 17.1 Å². The standard InChI is InChI=1S/C13H10O.C9H11NO.CH3NO/c1-9-8-12-11-5-3-2-4-10(11)6-7-13(12)14-9;1-7-5-8(6-10)3-4-9(7)11-2;2-1-3/h2-8H,1H3;3-6,10H,1-2H3;1H,(H2,2,3). The summed E-state index contributed by atoms with van der Waals surface area (Å²) in [5, 5.41) is 10.7. The van der Waals surface area contributed by atoms with Crippen LogP contribution in [0.1, 0.15) is 16.9 Å². The van der Waals surface area contributed by atoms with Crippen molar-refractivity contribution in [2.45, 2.75) is 13.8 Å². The van der Waals surface area contributed by atoms with E-state index < -0.39 is 0 Å². The third kappa shape index (κ3) is 4.98. The molecule has 1 heterocycles. The van der Waals surface area contributed by atoms with Crippen LogP contribution in [0.2, 0.25) is 0 Å². The van der Waals surface area contributed by atoms with Gasteiger partial charge < -0.3 is 20.3 Å². The molecule has 28 heavy (non-hydrogen) atoms. The molecule has 0 aliphatic heterocycles. The minimum atomic E-state index is 0.250. The molecule has 4 aromatic rings. The number of benzene rings is 3. The molecular weight excluding hydrogens is 352 g/mol. The molecule has 0 saturated carbocycles. The zero-order valence-electron chi connectivity index (χ0n) is 16.2. The Hall–Kier alpha value is -3.60. The number of primary amides is 1. The first-order valence-corrected chi connectivity index (χ1v) is 8.72. The van der Waals surface area contributed by atoms with E-state index in [9.17, 15) is 0 Å². The molecule has 4 rings (SSSR count). The molecule has 1 aromatic heterocycles. The van der Waals surface area contributed by atoms with Crippen LogP contribution in [0.25, 0.3) is 21.7 Å². The number of furan rings is 1. The van der Waals surface area contributed by atoms with Gasteiger partial charge in [-0.15, -0.1) is 0 Å². The second-order valence-corrected chi connectivity index (χ2v) is 6.07. The van der Waals surface area contributed by atoms with Crippen molar-refractivity contribution in [3.05, 3.63) is 77.6 Å². The Morgan fingerprint density at radius 1 is 1.00 bits per heavy atom. The molecule has 0 unspecified atom stereocenters. The van der Waals surface area contributed by atoms with Crippen molar-refractivity contribution in [1.82, 2.24) is 0 Å². The quantitative estimate of drug-likeness (QED) is 0.381. The normalized spacial score (nSPS) is 9.68. The molecule has 0 bridgehead atoms. The number of carbonyl (C=O) groups is 1. The molecule has 0 radical (unpaired) electrons.